The molecule has 2 amide bonds. The molecule has 2 aliphatic rings. The number of carbonyl (C=O) groups is 3. The highest BCUT2D eigenvalue weighted by Crippen LogP contribution is 2.30. The monoisotopic (exact) mass is 394 g/mol. The fraction of sp³-hybridized carbons (Fsp3) is 0.526. The highest BCUT2D eigenvalue weighted by molar-refractivity contribution is 6.30. The predicted molar refractivity (Wildman–Crippen MR) is 98.7 cm³/mol. The van der Waals surface area contributed by atoms with Gasteiger partial charge in [0.15, 0.2) is 0 Å². The van der Waals surface area contributed by atoms with Gasteiger partial charge in [-0.1, -0.05) is 11.6 Å². The Labute approximate surface area is 162 Å². The minimum Gasteiger partial charge on any atom is -0.492 e. The van der Waals surface area contributed by atoms with Crippen molar-refractivity contribution in [3.05, 3.63) is 28.8 Å². The van der Waals surface area contributed by atoms with Crippen LogP contribution in [0, 0.1) is 11.8 Å². The molecular weight excluding hydrogens is 372 g/mol. The SMILES string of the molecule is CN(CC(=O)N1CCCC(C(=O)O)C1)C(=O)C1COc2ccc(Cl)cc2C1. The molecule has 0 spiro atoms. The average Bonchev–Trinajstić information content (AvgIpc) is 2.66. The minimum absolute atomic E-state index is 0.0654. The number of carbonyl (C=O) groups excluding carboxylic acids is 2. The van der Waals surface area contributed by atoms with Crippen molar-refractivity contribution in [3.63, 3.8) is 0 Å². The van der Waals surface area contributed by atoms with E-state index in [0.717, 1.165) is 11.3 Å². The number of fused-ring (bicyclic) bond motifs is 1. The first-order valence-electron chi connectivity index (χ1n) is 9.02. The summed E-state index contributed by atoms with van der Waals surface area (Å²) >= 11 is 6.01. The maximum Gasteiger partial charge on any atom is 0.308 e. The van der Waals surface area contributed by atoms with Gasteiger partial charge in [0.2, 0.25) is 11.8 Å². The van der Waals surface area contributed by atoms with Gasteiger partial charge >= 0.3 is 5.97 Å². The van der Waals surface area contributed by atoms with Crippen LogP contribution in [0.4, 0.5) is 0 Å². The van der Waals surface area contributed by atoms with E-state index in [0.29, 0.717) is 30.8 Å². The van der Waals surface area contributed by atoms with E-state index in [1.165, 1.54) is 4.90 Å². The Morgan fingerprint density at radius 1 is 1.33 bits per heavy atom. The molecule has 0 aromatic heterocycles. The van der Waals surface area contributed by atoms with Crippen LogP contribution in [-0.4, -0.2) is 66.0 Å². The summed E-state index contributed by atoms with van der Waals surface area (Å²) in [5.74, 6) is -1.44. The van der Waals surface area contributed by atoms with Crippen LogP contribution in [0.5, 0.6) is 5.75 Å². The largest absolute Gasteiger partial charge is 0.492 e. The quantitative estimate of drug-likeness (QED) is 0.839. The lowest BCUT2D eigenvalue weighted by Gasteiger charge is -2.33. The number of likely N-dealkylation sites (tertiary alicyclic amines) is 1. The number of hydrogen-bond donors (Lipinski definition) is 1. The lowest BCUT2D eigenvalue weighted by molar-refractivity contribution is -0.148. The van der Waals surface area contributed by atoms with E-state index < -0.39 is 11.9 Å². The fourth-order valence-corrected chi connectivity index (χ4v) is 3.81. The second-order valence-corrected chi connectivity index (χ2v) is 7.61. The summed E-state index contributed by atoms with van der Waals surface area (Å²) in [5, 5.41) is 9.74. The van der Waals surface area contributed by atoms with Crippen molar-refractivity contribution in [2.75, 3.05) is 33.3 Å². The zero-order valence-corrected chi connectivity index (χ0v) is 15.9. The lowest BCUT2D eigenvalue weighted by Crippen LogP contribution is -2.48. The van der Waals surface area contributed by atoms with Gasteiger partial charge in [-0.05, 0) is 43.0 Å². The van der Waals surface area contributed by atoms with Crippen molar-refractivity contribution in [1.29, 1.82) is 0 Å². The van der Waals surface area contributed by atoms with Gasteiger partial charge in [-0.25, -0.2) is 0 Å². The van der Waals surface area contributed by atoms with E-state index in [2.05, 4.69) is 0 Å². The third kappa shape index (κ3) is 4.53. The average molecular weight is 395 g/mol. The van der Waals surface area contributed by atoms with Gasteiger partial charge in [0.1, 0.15) is 12.4 Å². The molecule has 3 rings (SSSR count). The lowest BCUT2D eigenvalue weighted by atomic mass is 9.95. The standard InChI is InChI=1S/C19H23ClN2O5/c1-21(10-17(23)22-6-2-3-12(9-22)19(25)26)18(24)14-7-13-8-15(20)4-5-16(13)27-11-14/h4-5,8,12,14H,2-3,6-7,9-11H2,1H3,(H,25,26). The molecule has 2 heterocycles. The van der Waals surface area contributed by atoms with Gasteiger partial charge in [0.05, 0.1) is 18.4 Å². The number of piperidine rings is 1. The Kier molecular flexibility index (Phi) is 5.89. The topological polar surface area (TPSA) is 87.2 Å². The summed E-state index contributed by atoms with van der Waals surface area (Å²) < 4.78 is 5.66. The second-order valence-electron chi connectivity index (χ2n) is 7.18. The number of ether oxygens (including phenoxy) is 1. The summed E-state index contributed by atoms with van der Waals surface area (Å²) in [6.07, 6.45) is 1.75. The molecule has 2 unspecified atom stereocenters. The van der Waals surface area contributed by atoms with Gasteiger partial charge in [0, 0.05) is 25.2 Å². The maximum absolute atomic E-state index is 12.7. The van der Waals surface area contributed by atoms with Crippen molar-refractivity contribution in [3.8, 4) is 5.75 Å². The summed E-state index contributed by atoms with van der Waals surface area (Å²) in [5.41, 5.74) is 0.882. The van der Waals surface area contributed by atoms with Crippen molar-refractivity contribution in [1.82, 2.24) is 9.80 Å². The van der Waals surface area contributed by atoms with Gasteiger partial charge in [-0.3, -0.25) is 14.4 Å². The highest BCUT2D eigenvalue weighted by atomic mass is 35.5. The molecule has 0 bridgehead atoms. The molecule has 2 aliphatic heterocycles. The number of halogens is 1. The van der Waals surface area contributed by atoms with E-state index in [1.807, 2.05) is 0 Å². The number of benzene rings is 1. The minimum atomic E-state index is -0.881. The van der Waals surface area contributed by atoms with Crippen LogP contribution in [0.15, 0.2) is 18.2 Å². The van der Waals surface area contributed by atoms with E-state index in [1.54, 1.807) is 30.1 Å². The summed E-state index contributed by atoms with van der Waals surface area (Å²) in [6, 6.07) is 5.33. The Morgan fingerprint density at radius 3 is 2.85 bits per heavy atom. The second kappa shape index (κ2) is 8.17. The van der Waals surface area contributed by atoms with E-state index >= 15 is 0 Å². The smallest absolute Gasteiger partial charge is 0.308 e. The molecule has 146 valence electrons. The number of carboxylic acid groups (broad SMARTS) is 1. The molecule has 27 heavy (non-hydrogen) atoms. The molecule has 0 radical (unpaired) electrons. The van der Waals surface area contributed by atoms with Crippen LogP contribution in [0.25, 0.3) is 0 Å². The fourth-order valence-electron chi connectivity index (χ4n) is 3.62. The number of amides is 2. The van der Waals surface area contributed by atoms with Gasteiger partial charge in [-0.2, -0.15) is 0 Å². The third-order valence-electron chi connectivity index (χ3n) is 5.15. The summed E-state index contributed by atoms with van der Waals surface area (Å²) in [6.45, 7) is 0.929. The summed E-state index contributed by atoms with van der Waals surface area (Å²) in [7, 11) is 1.59. The normalized spacial score (nSPS) is 21.8. The molecule has 2 atom stereocenters. The Balaban J connectivity index is 1.57. The van der Waals surface area contributed by atoms with Crippen molar-refractivity contribution in [2.45, 2.75) is 19.3 Å². The van der Waals surface area contributed by atoms with Gasteiger partial charge in [-0.15, -0.1) is 0 Å². The van der Waals surface area contributed by atoms with Crippen LogP contribution in [0.1, 0.15) is 18.4 Å². The number of carboxylic acids is 1. The summed E-state index contributed by atoms with van der Waals surface area (Å²) in [4.78, 5) is 39.3. The first-order valence-corrected chi connectivity index (χ1v) is 9.39. The molecule has 1 N–H and O–H groups in total. The molecule has 0 aliphatic carbocycles. The number of likely N-dealkylation sites (N-methyl/N-ethyl adjacent to an activating group) is 1. The molecule has 1 aromatic rings. The zero-order chi connectivity index (χ0) is 19.6. The Hall–Kier alpha value is -2.28. The Morgan fingerprint density at radius 2 is 2.11 bits per heavy atom. The van der Waals surface area contributed by atoms with Gasteiger partial charge in [0.25, 0.3) is 0 Å². The van der Waals surface area contributed by atoms with Crippen LogP contribution >= 0.6 is 11.6 Å². The molecular formula is C19H23ClN2O5. The maximum atomic E-state index is 12.7. The van der Waals surface area contributed by atoms with Crippen LogP contribution in [-0.2, 0) is 20.8 Å². The molecule has 0 saturated carbocycles. The number of rotatable bonds is 4. The van der Waals surface area contributed by atoms with Crippen LogP contribution in [0.3, 0.4) is 0 Å². The highest BCUT2D eigenvalue weighted by Gasteiger charge is 2.32. The third-order valence-corrected chi connectivity index (χ3v) is 5.39. The molecule has 1 aromatic carbocycles. The first kappa shape index (κ1) is 19.5. The molecule has 8 heteroatoms. The van der Waals surface area contributed by atoms with Gasteiger partial charge < -0.3 is 19.6 Å². The van der Waals surface area contributed by atoms with Crippen molar-refractivity contribution in [2.24, 2.45) is 11.8 Å². The van der Waals surface area contributed by atoms with E-state index in [9.17, 15) is 14.4 Å². The number of hydrogen-bond acceptors (Lipinski definition) is 4. The molecule has 7 nitrogen and oxygen atoms in total. The van der Waals surface area contributed by atoms with E-state index in [-0.39, 0.29) is 37.4 Å². The Bertz CT molecular complexity index is 754. The zero-order valence-electron chi connectivity index (χ0n) is 15.2. The van der Waals surface area contributed by atoms with E-state index in [4.69, 9.17) is 21.4 Å². The van der Waals surface area contributed by atoms with Crippen LogP contribution < -0.4 is 4.74 Å². The molecule has 1 saturated heterocycles. The predicted octanol–water partition coefficient (Wildman–Crippen LogP) is 1.67. The van der Waals surface area contributed by atoms with Crippen LogP contribution in [0.2, 0.25) is 5.02 Å². The van der Waals surface area contributed by atoms with Crippen molar-refractivity contribution >= 4 is 29.4 Å². The first-order chi connectivity index (χ1) is 12.8. The molecule has 1 fully saturated rings. The number of nitrogens with zero attached hydrogens (tertiary/aromatic N) is 2. The van der Waals surface area contributed by atoms with Crippen molar-refractivity contribution < 1.29 is 24.2 Å². The number of aliphatic carboxylic acids is 1.